The monoisotopic (exact) mass is 408 g/mol. The van der Waals surface area contributed by atoms with Crippen LogP contribution in [-0.4, -0.2) is 51.7 Å². The molecule has 0 aliphatic carbocycles. The number of aromatic nitrogens is 2. The highest BCUT2D eigenvalue weighted by Gasteiger charge is 2.42. The summed E-state index contributed by atoms with van der Waals surface area (Å²) in [4.78, 5) is 17.7. The first-order valence-electron chi connectivity index (χ1n) is 11.4. The molecule has 162 valence electrons. The Morgan fingerprint density at radius 1 is 1.13 bits per heavy atom. The van der Waals surface area contributed by atoms with Gasteiger partial charge in [-0.25, -0.2) is 0 Å². The van der Waals surface area contributed by atoms with Crippen molar-refractivity contribution in [2.75, 3.05) is 26.2 Å². The van der Waals surface area contributed by atoms with Crippen LogP contribution in [-0.2, 0) is 24.8 Å². The number of amides is 1. The first-order valence-corrected chi connectivity index (χ1v) is 11.4. The van der Waals surface area contributed by atoms with Crippen molar-refractivity contribution in [3.63, 3.8) is 0 Å². The number of hydrogen-bond donors (Lipinski definition) is 0. The lowest BCUT2D eigenvalue weighted by molar-refractivity contribution is -0.130. The molecule has 3 heterocycles. The van der Waals surface area contributed by atoms with E-state index in [-0.39, 0.29) is 5.41 Å². The average molecular weight is 409 g/mol. The maximum Gasteiger partial charge on any atom is 0.222 e. The SMILES string of the molecule is Cc1cccc(CN2CCC[C@@]3(CCN(C(=O)CCc4c(C)nn(C)c4C)C3)C2)c1. The van der Waals surface area contributed by atoms with Crippen molar-refractivity contribution in [1.82, 2.24) is 19.6 Å². The zero-order chi connectivity index (χ0) is 21.3. The lowest BCUT2D eigenvalue weighted by atomic mass is 9.79. The van der Waals surface area contributed by atoms with E-state index in [2.05, 4.69) is 53.0 Å². The zero-order valence-corrected chi connectivity index (χ0v) is 19.1. The summed E-state index contributed by atoms with van der Waals surface area (Å²) in [6, 6.07) is 8.86. The average Bonchev–Trinajstić information content (AvgIpc) is 3.21. The van der Waals surface area contributed by atoms with Crippen molar-refractivity contribution in [2.24, 2.45) is 12.5 Å². The molecular formula is C25H36N4O. The van der Waals surface area contributed by atoms with Crippen LogP contribution < -0.4 is 0 Å². The number of likely N-dealkylation sites (tertiary alicyclic amines) is 2. The second-order valence-corrected chi connectivity index (χ2v) is 9.64. The molecule has 4 rings (SSSR count). The Morgan fingerprint density at radius 3 is 2.70 bits per heavy atom. The first kappa shape index (κ1) is 21.1. The van der Waals surface area contributed by atoms with Crippen LogP contribution >= 0.6 is 0 Å². The van der Waals surface area contributed by atoms with E-state index in [9.17, 15) is 4.79 Å². The molecule has 5 nitrogen and oxygen atoms in total. The Morgan fingerprint density at radius 2 is 1.97 bits per heavy atom. The van der Waals surface area contributed by atoms with Gasteiger partial charge in [-0.3, -0.25) is 14.4 Å². The van der Waals surface area contributed by atoms with E-state index < -0.39 is 0 Å². The Kier molecular flexibility index (Phi) is 6.01. The number of piperidine rings is 1. The van der Waals surface area contributed by atoms with Crippen molar-refractivity contribution in [3.8, 4) is 0 Å². The maximum absolute atomic E-state index is 13.0. The second kappa shape index (κ2) is 8.54. The molecule has 2 aliphatic heterocycles. The van der Waals surface area contributed by atoms with Gasteiger partial charge >= 0.3 is 0 Å². The molecule has 0 saturated carbocycles. The third-order valence-electron chi connectivity index (χ3n) is 7.27. The van der Waals surface area contributed by atoms with Crippen molar-refractivity contribution in [1.29, 1.82) is 0 Å². The molecule has 1 amide bonds. The van der Waals surface area contributed by atoms with Crippen LogP contribution in [0.25, 0.3) is 0 Å². The third kappa shape index (κ3) is 4.46. The largest absolute Gasteiger partial charge is 0.342 e. The molecule has 2 aliphatic rings. The van der Waals surface area contributed by atoms with Crippen LogP contribution in [0.4, 0.5) is 0 Å². The Hall–Kier alpha value is -2.14. The van der Waals surface area contributed by atoms with Crippen LogP contribution in [0.5, 0.6) is 0 Å². The van der Waals surface area contributed by atoms with Crippen LogP contribution in [0, 0.1) is 26.2 Å². The molecule has 2 saturated heterocycles. The van der Waals surface area contributed by atoms with Gasteiger partial charge in [0.05, 0.1) is 5.69 Å². The van der Waals surface area contributed by atoms with Crippen molar-refractivity contribution < 1.29 is 4.79 Å². The molecule has 1 spiro atoms. The smallest absolute Gasteiger partial charge is 0.222 e. The summed E-state index contributed by atoms with van der Waals surface area (Å²) in [7, 11) is 1.98. The number of aryl methyl sites for hydroxylation is 3. The highest BCUT2D eigenvalue weighted by Crippen LogP contribution is 2.39. The van der Waals surface area contributed by atoms with Crippen molar-refractivity contribution >= 4 is 5.91 Å². The van der Waals surface area contributed by atoms with E-state index in [1.165, 1.54) is 41.8 Å². The van der Waals surface area contributed by atoms with E-state index in [0.717, 1.165) is 44.7 Å². The standard InChI is InChI=1S/C25H36N4O/c1-19-7-5-8-22(15-19)16-28-13-6-11-25(17-28)12-14-29(18-25)24(30)10-9-23-20(2)26-27(4)21(23)3/h5,7-8,15H,6,9-14,16-18H2,1-4H3/t25-/m1/s1. The fraction of sp³-hybridized carbons (Fsp3) is 0.600. The Bertz CT molecular complexity index is 918. The van der Waals surface area contributed by atoms with Gasteiger partial charge in [0, 0.05) is 50.8 Å². The van der Waals surface area contributed by atoms with Gasteiger partial charge in [0.2, 0.25) is 5.91 Å². The number of hydrogen-bond acceptors (Lipinski definition) is 3. The number of nitrogens with zero attached hydrogens (tertiary/aromatic N) is 4. The maximum atomic E-state index is 13.0. The molecule has 1 aromatic heterocycles. The quantitative estimate of drug-likeness (QED) is 0.756. The normalized spacial score (nSPS) is 22.2. The predicted octanol–water partition coefficient (Wildman–Crippen LogP) is 3.79. The van der Waals surface area contributed by atoms with E-state index in [4.69, 9.17) is 0 Å². The van der Waals surface area contributed by atoms with Gasteiger partial charge in [0.15, 0.2) is 0 Å². The highest BCUT2D eigenvalue weighted by molar-refractivity contribution is 5.77. The van der Waals surface area contributed by atoms with Gasteiger partial charge in [0.1, 0.15) is 0 Å². The van der Waals surface area contributed by atoms with E-state index in [1.807, 2.05) is 18.7 Å². The Balaban J connectivity index is 1.33. The molecule has 2 fully saturated rings. The molecule has 1 atom stereocenters. The number of carbonyl (C=O) groups excluding carboxylic acids is 1. The molecule has 0 radical (unpaired) electrons. The van der Waals surface area contributed by atoms with E-state index >= 15 is 0 Å². The van der Waals surface area contributed by atoms with Gasteiger partial charge < -0.3 is 4.90 Å². The minimum absolute atomic E-state index is 0.290. The van der Waals surface area contributed by atoms with Gasteiger partial charge in [-0.15, -0.1) is 0 Å². The lowest BCUT2D eigenvalue weighted by Gasteiger charge is -2.40. The summed E-state index contributed by atoms with van der Waals surface area (Å²) in [5.41, 5.74) is 6.49. The summed E-state index contributed by atoms with van der Waals surface area (Å²) in [5.74, 6) is 0.310. The summed E-state index contributed by atoms with van der Waals surface area (Å²) < 4.78 is 1.92. The minimum Gasteiger partial charge on any atom is -0.342 e. The van der Waals surface area contributed by atoms with Gasteiger partial charge in [-0.05, 0) is 64.1 Å². The zero-order valence-electron chi connectivity index (χ0n) is 19.1. The minimum atomic E-state index is 0.290. The topological polar surface area (TPSA) is 41.4 Å². The fourth-order valence-electron chi connectivity index (χ4n) is 5.56. The molecule has 5 heteroatoms. The molecular weight excluding hydrogens is 372 g/mol. The van der Waals surface area contributed by atoms with Crippen molar-refractivity contribution in [3.05, 3.63) is 52.3 Å². The fourth-order valence-corrected chi connectivity index (χ4v) is 5.56. The summed E-state index contributed by atoms with van der Waals surface area (Å²) in [5, 5.41) is 4.49. The molecule has 0 N–H and O–H groups in total. The molecule has 30 heavy (non-hydrogen) atoms. The van der Waals surface area contributed by atoms with Crippen LogP contribution in [0.2, 0.25) is 0 Å². The summed E-state index contributed by atoms with van der Waals surface area (Å²) in [6.07, 6.45) is 5.03. The number of benzene rings is 1. The number of carbonyl (C=O) groups is 1. The number of rotatable bonds is 5. The second-order valence-electron chi connectivity index (χ2n) is 9.64. The highest BCUT2D eigenvalue weighted by atomic mass is 16.2. The van der Waals surface area contributed by atoms with Crippen LogP contribution in [0.1, 0.15) is 53.8 Å². The molecule has 0 bridgehead atoms. The predicted molar refractivity (Wildman–Crippen MR) is 120 cm³/mol. The van der Waals surface area contributed by atoms with Crippen LogP contribution in [0.3, 0.4) is 0 Å². The van der Waals surface area contributed by atoms with Crippen molar-refractivity contribution in [2.45, 2.75) is 59.4 Å². The summed E-state index contributed by atoms with van der Waals surface area (Å²) >= 11 is 0. The first-order chi connectivity index (χ1) is 14.3. The van der Waals surface area contributed by atoms with E-state index in [1.54, 1.807) is 0 Å². The molecule has 1 aromatic carbocycles. The third-order valence-corrected chi connectivity index (χ3v) is 7.27. The van der Waals surface area contributed by atoms with E-state index in [0.29, 0.717) is 12.3 Å². The van der Waals surface area contributed by atoms with Gasteiger partial charge in [-0.1, -0.05) is 29.8 Å². The van der Waals surface area contributed by atoms with Gasteiger partial charge in [0.25, 0.3) is 0 Å². The van der Waals surface area contributed by atoms with Crippen LogP contribution in [0.15, 0.2) is 24.3 Å². The molecule has 2 aromatic rings. The lowest BCUT2D eigenvalue weighted by Crippen LogP contribution is -2.45. The Labute approximate surface area is 181 Å². The molecule has 0 unspecified atom stereocenters. The summed E-state index contributed by atoms with van der Waals surface area (Å²) in [6.45, 7) is 11.5. The van der Waals surface area contributed by atoms with Gasteiger partial charge in [-0.2, -0.15) is 5.10 Å².